The van der Waals surface area contributed by atoms with Crippen molar-refractivity contribution < 1.29 is 32.6 Å². The van der Waals surface area contributed by atoms with E-state index in [0.717, 1.165) is 12.1 Å². The van der Waals surface area contributed by atoms with E-state index in [1.165, 1.54) is 12.1 Å². The molecule has 0 spiro atoms. The van der Waals surface area contributed by atoms with Gasteiger partial charge in [-0.15, -0.1) is 13.2 Å². The van der Waals surface area contributed by atoms with Crippen molar-refractivity contribution in [2.75, 3.05) is 0 Å². The molecule has 0 radical (unpaired) electrons. The molecule has 8 heteroatoms. The van der Waals surface area contributed by atoms with Crippen LogP contribution in [0.4, 0.5) is 13.2 Å². The minimum absolute atomic E-state index is 0.222. The summed E-state index contributed by atoms with van der Waals surface area (Å²) in [5.74, 6) is -1.84. The summed E-state index contributed by atoms with van der Waals surface area (Å²) < 4.78 is 40.1. The number of carboxylic acid groups (broad SMARTS) is 1. The Morgan fingerprint density at radius 1 is 1.22 bits per heavy atom. The molecule has 0 fully saturated rings. The van der Waals surface area contributed by atoms with Crippen LogP contribution in [-0.4, -0.2) is 29.4 Å². The Morgan fingerprint density at radius 3 is 2.17 bits per heavy atom. The van der Waals surface area contributed by atoms with Crippen LogP contribution in [0.15, 0.2) is 24.3 Å². The first-order valence-corrected chi connectivity index (χ1v) is 6.81. The lowest BCUT2D eigenvalue weighted by Gasteiger charge is -2.26. The van der Waals surface area contributed by atoms with E-state index in [-0.39, 0.29) is 12.2 Å². The summed E-state index contributed by atoms with van der Waals surface area (Å²) in [4.78, 5) is 22.9. The molecule has 5 nitrogen and oxygen atoms in total. The average Bonchev–Trinajstić information content (AvgIpc) is 2.36. The summed E-state index contributed by atoms with van der Waals surface area (Å²) >= 11 is 0. The van der Waals surface area contributed by atoms with E-state index in [1.807, 2.05) is 0 Å². The van der Waals surface area contributed by atoms with Crippen LogP contribution < -0.4 is 10.1 Å². The van der Waals surface area contributed by atoms with Crippen molar-refractivity contribution in [2.45, 2.75) is 45.0 Å². The Morgan fingerprint density at radius 2 is 1.74 bits per heavy atom. The fourth-order valence-electron chi connectivity index (χ4n) is 1.92. The average molecular weight is 333 g/mol. The monoisotopic (exact) mass is 333 g/mol. The normalized spacial score (nSPS) is 13.3. The molecule has 1 atom stereocenters. The summed E-state index contributed by atoms with van der Waals surface area (Å²) in [6, 6.07) is 4.41. The van der Waals surface area contributed by atoms with E-state index in [1.54, 1.807) is 20.8 Å². The molecule has 0 aromatic heterocycles. The molecule has 0 bridgehead atoms. The lowest BCUT2D eigenvalue weighted by molar-refractivity contribution is -0.274. The third-order valence-corrected chi connectivity index (χ3v) is 3.24. The van der Waals surface area contributed by atoms with Crippen molar-refractivity contribution in [2.24, 2.45) is 0 Å². The van der Waals surface area contributed by atoms with Crippen molar-refractivity contribution >= 4 is 11.9 Å². The van der Waals surface area contributed by atoms with Gasteiger partial charge in [-0.25, -0.2) is 0 Å². The third kappa shape index (κ3) is 5.80. The Labute approximate surface area is 131 Å². The molecule has 1 rings (SSSR count). The van der Waals surface area contributed by atoms with Gasteiger partial charge in [0.15, 0.2) is 0 Å². The number of halogens is 3. The number of hydrogen-bond donors (Lipinski definition) is 2. The highest BCUT2D eigenvalue weighted by atomic mass is 19.4. The van der Waals surface area contributed by atoms with Gasteiger partial charge in [0.2, 0.25) is 5.91 Å². The summed E-state index contributed by atoms with van der Waals surface area (Å²) in [6.45, 7) is 4.74. The van der Waals surface area contributed by atoms with Gasteiger partial charge in [0, 0.05) is 6.04 Å². The summed E-state index contributed by atoms with van der Waals surface area (Å²) in [5.41, 5.74) is -0.559. The van der Waals surface area contributed by atoms with E-state index in [2.05, 4.69) is 10.1 Å². The van der Waals surface area contributed by atoms with Crippen molar-refractivity contribution in [1.82, 2.24) is 5.32 Å². The zero-order valence-corrected chi connectivity index (χ0v) is 12.9. The summed E-state index contributed by atoms with van der Waals surface area (Å²) in [7, 11) is 0. The molecule has 1 unspecified atom stereocenters. The SMILES string of the molecule is CC(CC(=O)O)NC(=O)C(C)(C)c1ccc(OC(F)(F)F)cc1. The number of carbonyl (C=O) groups excluding carboxylic acids is 1. The lowest BCUT2D eigenvalue weighted by atomic mass is 9.83. The number of ether oxygens (including phenoxy) is 1. The molecule has 0 aliphatic carbocycles. The number of alkyl halides is 3. The first-order chi connectivity index (χ1) is 10.4. The molecule has 2 N–H and O–H groups in total. The largest absolute Gasteiger partial charge is 0.573 e. The Hall–Kier alpha value is -2.25. The topological polar surface area (TPSA) is 75.6 Å². The smallest absolute Gasteiger partial charge is 0.481 e. The van der Waals surface area contributed by atoms with Crippen molar-refractivity contribution in [3.63, 3.8) is 0 Å². The van der Waals surface area contributed by atoms with Gasteiger partial charge in [-0.05, 0) is 38.5 Å². The number of benzene rings is 1. The quantitative estimate of drug-likeness (QED) is 0.839. The van der Waals surface area contributed by atoms with Crippen LogP contribution in [0.3, 0.4) is 0 Å². The number of aliphatic carboxylic acids is 1. The first-order valence-electron chi connectivity index (χ1n) is 6.81. The highest BCUT2D eigenvalue weighted by molar-refractivity contribution is 5.87. The van der Waals surface area contributed by atoms with Crippen molar-refractivity contribution in [3.8, 4) is 5.75 Å². The number of rotatable bonds is 6. The molecule has 0 aliphatic rings. The van der Waals surface area contributed by atoms with Gasteiger partial charge in [-0.1, -0.05) is 12.1 Å². The van der Waals surface area contributed by atoms with Crippen LogP contribution in [0.25, 0.3) is 0 Å². The molecule has 0 heterocycles. The van der Waals surface area contributed by atoms with Gasteiger partial charge in [-0.2, -0.15) is 0 Å². The molecular weight excluding hydrogens is 315 g/mol. The van der Waals surface area contributed by atoms with E-state index in [9.17, 15) is 22.8 Å². The number of carboxylic acids is 1. The molecule has 128 valence electrons. The second-order valence-electron chi connectivity index (χ2n) is 5.67. The van der Waals surface area contributed by atoms with Crippen LogP contribution in [0.5, 0.6) is 5.75 Å². The third-order valence-electron chi connectivity index (χ3n) is 3.24. The van der Waals surface area contributed by atoms with E-state index >= 15 is 0 Å². The van der Waals surface area contributed by atoms with Crippen LogP contribution in [-0.2, 0) is 15.0 Å². The Balaban J connectivity index is 2.82. The van der Waals surface area contributed by atoms with Gasteiger partial charge in [0.25, 0.3) is 0 Å². The fourth-order valence-corrected chi connectivity index (χ4v) is 1.92. The molecule has 1 aromatic carbocycles. The molecular formula is C15H18F3NO4. The standard InChI is InChI=1S/C15H18F3NO4/c1-9(8-12(20)21)19-13(22)14(2,3)10-4-6-11(7-5-10)23-15(16,17)18/h4-7,9H,8H2,1-3H3,(H,19,22)(H,20,21). The highest BCUT2D eigenvalue weighted by Crippen LogP contribution is 2.28. The molecule has 23 heavy (non-hydrogen) atoms. The van der Waals surface area contributed by atoms with Crippen molar-refractivity contribution in [3.05, 3.63) is 29.8 Å². The summed E-state index contributed by atoms with van der Waals surface area (Å²) in [6.07, 6.45) is -5.00. The van der Waals surface area contributed by atoms with Gasteiger partial charge >= 0.3 is 12.3 Å². The molecule has 0 saturated heterocycles. The maximum absolute atomic E-state index is 12.3. The van der Waals surface area contributed by atoms with Gasteiger partial charge < -0.3 is 15.2 Å². The zero-order chi connectivity index (χ0) is 17.8. The second-order valence-corrected chi connectivity index (χ2v) is 5.67. The number of hydrogen-bond acceptors (Lipinski definition) is 3. The first kappa shape index (κ1) is 18.8. The highest BCUT2D eigenvalue weighted by Gasteiger charge is 2.33. The van der Waals surface area contributed by atoms with Crippen LogP contribution in [0.1, 0.15) is 32.8 Å². The maximum Gasteiger partial charge on any atom is 0.573 e. The van der Waals surface area contributed by atoms with E-state index in [4.69, 9.17) is 5.11 Å². The summed E-state index contributed by atoms with van der Waals surface area (Å²) in [5, 5.41) is 11.3. The molecule has 0 aliphatic heterocycles. The lowest BCUT2D eigenvalue weighted by Crippen LogP contribution is -2.44. The number of carbonyl (C=O) groups is 2. The fraction of sp³-hybridized carbons (Fsp3) is 0.467. The van der Waals surface area contributed by atoms with E-state index in [0.29, 0.717) is 5.56 Å². The van der Waals surface area contributed by atoms with E-state index < -0.39 is 29.7 Å². The molecule has 1 aromatic rings. The minimum atomic E-state index is -4.78. The second kappa shape index (κ2) is 6.89. The number of nitrogens with one attached hydrogen (secondary N) is 1. The van der Waals surface area contributed by atoms with Crippen LogP contribution >= 0.6 is 0 Å². The Kier molecular flexibility index (Phi) is 5.63. The van der Waals surface area contributed by atoms with Gasteiger partial charge in [0.1, 0.15) is 5.75 Å². The molecule has 0 saturated carbocycles. The zero-order valence-electron chi connectivity index (χ0n) is 12.9. The van der Waals surface area contributed by atoms with Gasteiger partial charge in [0.05, 0.1) is 11.8 Å². The minimum Gasteiger partial charge on any atom is -0.481 e. The predicted octanol–water partition coefficient (Wildman–Crippen LogP) is 2.84. The van der Waals surface area contributed by atoms with Gasteiger partial charge in [-0.3, -0.25) is 9.59 Å². The van der Waals surface area contributed by atoms with Crippen molar-refractivity contribution in [1.29, 1.82) is 0 Å². The number of amides is 1. The van der Waals surface area contributed by atoms with Crippen LogP contribution in [0.2, 0.25) is 0 Å². The van der Waals surface area contributed by atoms with Crippen LogP contribution in [0, 0.1) is 0 Å². The maximum atomic E-state index is 12.3. The Bertz CT molecular complexity index is 567. The predicted molar refractivity (Wildman–Crippen MR) is 76.0 cm³/mol. The molecule has 1 amide bonds.